The Morgan fingerprint density at radius 1 is 0.116 bits per heavy atom. The van der Waals surface area contributed by atoms with Crippen LogP contribution in [0.2, 0.25) is 0 Å². The summed E-state index contributed by atoms with van der Waals surface area (Å²) in [5, 5.41) is 5.24. The van der Waals surface area contributed by atoms with Crippen molar-refractivity contribution in [3.05, 3.63) is 313 Å². The molecule has 11 aromatic carbocycles. The standard InChI is InChI=1S/2C15H14.C12H10.2C10H8.C6H6.22C2H6/c2*1-15(2)13-9-5-3-7-11(13)12-8-4-6-10-14(12)15;1-3-7-11(8-4-1)12-9-5-2-6-10-12;2*1-2-6-10-8-4-3-7-9(10)5-1;1-2-4-6-5-3-1;22*1-2/h2*3-10H,1-2H3;1-10H;2*1-8H;1-6H;22*1-2H3. The smallest absolute Gasteiger partial charge is 0.0158 e. The Balaban J connectivity index is -0.0000000711. The average molecular weight is 1540 g/mol. The molecule has 112 heavy (non-hydrogen) atoms. The summed E-state index contributed by atoms with van der Waals surface area (Å²) in [5.74, 6) is 0. The first-order chi connectivity index (χ1) is 55.3. The molecule has 0 heterocycles. The Kier molecular flexibility index (Phi) is 151. The van der Waals surface area contributed by atoms with Crippen LogP contribution in [0.15, 0.2) is 291 Å². The SMILES string of the molecule is CC.CC.CC.CC.CC.CC.CC.CC.CC.CC.CC.CC.CC.CC.CC.CC.CC.CC.CC.CC.CC.CC.CC1(C)c2ccccc2-c2ccccc21.CC1(C)c2ccccc2-c2ccccc21.c1ccc(-c2ccccc2)cc1.c1ccc2ccccc2c1.c1ccc2ccccc2c1.c1ccccc1. The van der Waals surface area contributed by atoms with Crippen molar-refractivity contribution >= 4 is 21.5 Å². The fourth-order valence-electron chi connectivity index (χ4n) is 9.25. The first-order valence-electron chi connectivity index (χ1n) is 45.7. The average Bonchev–Trinajstić information content (AvgIpc) is 1.60. The highest BCUT2D eigenvalue weighted by molar-refractivity contribution is 5.84. The van der Waals surface area contributed by atoms with E-state index in [2.05, 4.69) is 270 Å². The highest BCUT2D eigenvalue weighted by Crippen LogP contribution is 2.49. The zero-order valence-corrected chi connectivity index (χ0v) is 83.7. The van der Waals surface area contributed by atoms with Crippen LogP contribution in [0.3, 0.4) is 0 Å². The van der Waals surface area contributed by atoms with Crippen molar-refractivity contribution in [3.63, 3.8) is 0 Å². The van der Waals surface area contributed by atoms with Gasteiger partial charge in [0.1, 0.15) is 0 Å². The van der Waals surface area contributed by atoms with Crippen molar-refractivity contribution in [1.29, 1.82) is 0 Å². The van der Waals surface area contributed by atoms with E-state index in [1.54, 1.807) is 0 Å². The molecular formula is C112H192. The molecule has 0 bridgehead atoms. The van der Waals surface area contributed by atoms with Crippen LogP contribution in [0.5, 0.6) is 0 Å². The topological polar surface area (TPSA) is 0 Å². The highest BCUT2D eigenvalue weighted by atomic mass is 14.4. The number of benzene rings is 11. The molecule has 0 aliphatic heterocycles. The molecule has 2 aliphatic carbocycles. The predicted octanol–water partition coefficient (Wildman–Crippen LogP) is 41.3. The molecule has 0 atom stereocenters. The van der Waals surface area contributed by atoms with Gasteiger partial charge in [0.25, 0.3) is 0 Å². The quantitative estimate of drug-likeness (QED) is 0.154. The summed E-state index contributed by atoms with van der Waals surface area (Å²) in [5.41, 5.74) is 14.3. The van der Waals surface area contributed by atoms with Gasteiger partial charge in [0, 0.05) is 10.8 Å². The van der Waals surface area contributed by atoms with E-state index in [-0.39, 0.29) is 10.8 Å². The van der Waals surface area contributed by atoms with Gasteiger partial charge in [-0.15, -0.1) is 0 Å². The van der Waals surface area contributed by atoms with Crippen LogP contribution in [0.1, 0.15) is 355 Å². The molecule has 0 spiro atoms. The van der Waals surface area contributed by atoms with Crippen LogP contribution in [0.25, 0.3) is 54.9 Å². The van der Waals surface area contributed by atoms with Crippen molar-refractivity contribution in [2.24, 2.45) is 0 Å². The third-order valence-electron chi connectivity index (χ3n) is 12.8. The second kappa shape index (κ2) is 121. The van der Waals surface area contributed by atoms with E-state index in [9.17, 15) is 0 Å². The molecule has 11 aromatic rings. The molecule has 0 nitrogen and oxygen atoms in total. The lowest BCUT2D eigenvalue weighted by Crippen LogP contribution is -2.14. The minimum absolute atomic E-state index is 0.160. The van der Waals surface area contributed by atoms with Crippen LogP contribution in [-0.2, 0) is 10.8 Å². The molecular weight excluding hydrogens is 1350 g/mol. The van der Waals surface area contributed by atoms with Gasteiger partial charge < -0.3 is 0 Å². The van der Waals surface area contributed by atoms with E-state index < -0.39 is 0 Å². The summed E-state index contributed by atoms with van der Waals surface area (Å²) < 4.78 is 0. The van der Waals surface area contributed by atoms with Gasteiger partial charge in [0.15, 0.2) is 0 Å². The van der Waals surface area contributed by atoms with Gasteiger partial charge in [-0.05, 0) is 77.2 Å². The first-order valence-corrected chi connectivity index (χ1v) is 45.7. The third-order valence-corrected chi connectivity index (χ3v) is 12.8. The Morgan fingerprint density at radius 2 is 0.214 bits per heavy atom. The second-order valence-corrected chi connectivity index (χ2v) is 18.0. The normalized spacial score (nSPS) is 8.68. The van der Waals surface area contributed by atoms with Crippen molar-refractivity contribution < 1.29 is 0 Å². The van der Waals surface area contributed by atoms with E-state index in [0.717, 1.165) is 0 Å². The summed E-state index contributed by atoms with van der Waals surface area (Å²) >= 11 is 0. The maximum atomic E-state index is 2.30. The van der Waals surface area contributed by atoms with Crippen LogP contribution in [-0.4, -0.2) is 0 Å². The van der Waals surface area contributed by atoms with E-state index in [1.165, 1.54) is 77.2 Å². The van der Waals surface area contributed by atoms with Gasteiger partial charge in [-0.1, -0.05) is 624 Å². The lowest BCUT2D eigenvalue weighted by molar-refractivity contribution is 0.660. The second-order valence-electron chi connectivity index (χ2n) is 18.0. The minimum Gasteiger partial charge on any atom is -0.0683 e. The largest absolute Gasteiger partial charge is 0.0683 e. The zero-order valence-electron chi connectivity index (χ0n) is 83.7. The van der Waals surface area contributed by atoms with E-state index in [4.69, 9.17) is 0 Å². The zero-order chi connectivity index (χ0) is 91.0. The molecule has 640 valence electrons. The van der Waals surface area contributed by atoms with Crippen molar-refractivity contribution in [1.82, 2.24) is 0 Å². The number of fused-ring (bicyclic) bond motifs is 8. The number of hydrogen-bond donors (Lipinski definition) is 0. The Morgan fingerprint density at radius 3 is 0.348 bits per heavy atom. The molecule has 0 N–H and O–H groups in total. The van der Waals surface area contributed by atoms with Crippen molar-refractivity contribution in [2.75, 3.05) is 0 Å². The van der Waals surface area contributed by atoms with E-state index in [1.807, 2.05) is 353 Å². The monoisotopic (exact) mass is 1540 g/mol. The fourth-order valence-corrected chi connectivity index (χ4v) is 9.25. The molecule has 0 aromatic heterocycles. The number of hydrogen-bond acceptors (Lipinski definition) is 0. The Labute approximate surface area is 707 Å². The summed E-state index contributed by atoms with van der Waals surface area (Å²) in [4.78, 5) is 0. The van der Waals surface area contributed by atoms with Crippen LogP contribution in [0.4, 0.5) is 0 Å². The van der Waals surface area contributed by atoms with Gasteiger partial charge in [-0.3, -0.25) is 0 Å². The third kappa shape index (κ3) is 61.5. The highest BCUT2D eigenvalue weighted by Gasteiger charge is 2.35. The predicted molar refractivity (Wildman–Crippen MR) is 544 cm³/mol. The lowest BCUT2D eigenvalue weighted by atomic mass is 9.82. The minimum atomic E-state index is 0.160. The molecule has 0 saturated carbocycles. The Bertz CT molecular complexity index is 2810. The molecule has 0 amide bonds. The fraction of sp³-hybridized carbons (Fsp3) is 0.446. The van der Waals surface area contributed by atoms with Crippen molar-refractivity contribution in [2.45, 2.75) is 343 Å². The van der Waals surface area contributed by atoms with Crippen LogP contribution in [0, 0.1) is 0 Å². The maximum absolute atomic E-state index is 2.30. The van der Waals surface area contributed by atoms with Crippen LogP contribution >= 0.6 is 0 Å². The first kappa shape index (κ1) is 139. The molecule has 0 saturated heterocycles. The van der Waals surface area contributed by atoms with Gasteiger partial charge in [0.05, 0.1) is 0 Å². The molecule has 0 radical (unpaired) electrons. The molecule has 13 rings (SSSR count). The van der Waals surface area contributed by atoms with E-state index >= 15 is 0 Å². The van der Waals surface area contributed by atoms with Crippen molar-refractivity contribution in [3.8, 4) is 33.4 Å². The summed E-state index contributed by atoms with van der Waals surface area (Å²) in [7, 11) is 0. The summed E-state index contributed by atoms with van der Waals surface area (Å²) in [6, 6.07) is 101. The maximum Gasteiger partial charge on any atom is 0.0158 e. The Hall–Kier alpha value is -8.06. The molecule has 0 heteroatoms. The lowest BCUT2D eigenvalue weighted by Gasteiger charge is -2.20. The summed E-state index contributed by atoms with van der Waals surface area (Å²) in [6.07, 6.45) is 0. The van der Waals surface area contributed by atoms with Crippen LogP contribution < -0.4 is 0 Å². The molecule has 0 unspecified atom stereocenters. The number of rotatable bonds is 1. The van der Waals surface area contributed by atoms with Gasteiger partial charge in [-0.2, -0.15) is 0 Å². The van der Waals surface area contributed by atoms with Gasteiger partial charge in [-0.25, -0.2) is 0 Å². The van der Waals surface area contributed by atoms with Gasteiger partial charge in [0.2, 0.25) is 0 Å². The molecule has 0 fully saturated rings. The van der Waals surface area contributed by atoms with E-state index in [0.29, 0.717) is 0 Å². The summed E-state index contributed by atoms with van der Waals surface area (Å²) in [6.45, 7) is 97.2. The van der Waals surface area contributed by atoms with Gasteiger partial charge >= 0.3 is 0 Å². The molecule has 2 aliphatic rings.